The van der Waals surface area contributed by atoms with E-state index >= 15 is 0 Å². The van der Waals surface area contributed by atoms with Gasteiger partial charge in [-0.2, -0.15) is 0 Å². The van der Waals surface area contributed by atoms with Gasteiger partial charge in [-0.1, -0.05) is 34.8 Å². The standard InChI is InChI=1S/C11H8Cl3N3O3/c12-11(13,14)10(17-6-15-4-3-8(17)18)16-9(19)7-2-1-5-20-7/h1-6,10H,(H,16,19). The lowest BCUT2D eigenvalue weighted by molar-refractivity contribution is 0.0891. The first-order valence-electron chi connectivity index (χ1n) is 5.33. The summed E-state index contributed by atoms with van der Waals surface area (Å²) in [4.78, 5) is 27.4. The molecule has 9 heteroatoms. The molecule has 0 aliphatic heterocycles. The lowest BCUT2D eigenvalue weighted by atomic mass is 10.4. The molecule has 2 heterocycles. The number of rotatable bonds is 3. The molecule has 2 aromatic rings. The van der Waals surface area contributed by atoms with Crippen molar-refractivity contribution in [2.45, 2.75) is 9.96 Å². The van der Waals surface area contributed by atoms with Crippen molar-refractivity contribution in [2.75, 3.05) is 0 Å². The zero-order valence-electron chi connectivity index (χ0n) is 9.79. The maximum Gasteiger partial charge on any atom is 0.288 e. The van der Waals surface area contributed by atoms with Crippen molar-refractivity contribution < 1.29 is 9.21 Å². The van der Waals surface area contributed by atoms with Crippen molar-refractivity contribution in [1.29, 1.82) is 0 Å². The Bertz CT molecular complexity index is 649. The fourth-order valence-electron chi connectivity index (χ4n) is 1.47. The van der Waals surface area contributed by atoms with E-state index in [1.807, 2.05) is 0 Å². The maximum atomic E-state index is 11.9. The van der Waals surface area contributed by atoms with E-state index in [9.17, 15) is 9.59 Å². The maximum absolute atomic E-state index is 11.9. The molecule has 0 radical (unpaired) electrons. The molecule has 1 atom stereocenters. The van der Waals surface area contributed by atoms with E-state index in [1.165, 1.54) is 30.7 Å². The van der Waals surface area contributed by atoms with Gasteiger partial charge in [-0.15, -0.1) is 0 Å². The van der Waals surface area contributed by atoms with Crippen molar-refractivity contribution in [3.8, 4) is 0 Å². The molecule has 2 rings (SSSR count). The SMILES string of the molecule is O=C(NC(n1cnccc1=O)C(Cl)(Cl)Cl)c1ccco1. The third kappa shape index (κ3) is 3.33. The lowest BCUT2D eigenvalue weighted by Crippen LogP contribution is -2.44. The van der Waals surface area contributed by atoms with Crippen LogP contribution >= 0.6 is 34.8 Å². The highest BCUT2D eigenvalue weighted by atomic mass is 35.6. The zero-order valence-corrected chi connectivity index (χ0v) is 12.1. The Labute approximate surface area is 128 Å². The van der Waals surface area contributed by atoms with E-state index in [2.05, 4.69) is 10.3 Å². The molecular weight excluding hydrogens is 328 g/mol. The summed E-state index contributed by atoms with van der Waals surface area (Å²) in [7, 11) is 0. The predicted molar refractivity (Wildman–Crippen MR) is 74.0 cm³/mol. The third-order valence-electron chi connectivity index (χ3n) is 2.35. The van der Waals surface area contributed by atoms with Crippen molar-refractivity contribution in [3.63, 3.8) is 0 Å². The lowest BCUT2D eigenvalue weighted by Gasteiger charge is -2.26. The molecule has 0 saturated heterocycles. The van der Waals surface area contributed by atoms with E-state index < -0.39 is 21.4 Å². The van der Waals surface area contributed by atoms with Crippen LogP contribution in [0, 0.1) is 0 Å². The van der Waals surface area contributed by atoms with E-state index in [0.29, 0.717) is 0 Å². The number of furan rings is 1. The Morgan fingerprint density at radius 2 is 2.15 bits per heavy atom. The molecule has 106 valence electrons. The summed E-state index contributed by atoms with van der Waals surface area (Å²) in [6, 6.07) is 4.16. The van der Waals surface area contributed by atoms with E-state index in [-0.39, 0.29) is 5.76 Å². The second kappa shape index (κ2) is 5.87. The van der Waals surface area contributed by atoms with Gasteiger partial charge < -0.3 is 9.73 Å². The minimum absolute atomic E-state index is 0.0289. The van der Waals surface area contributed by atoms with Crippen molar-refractivity contribution >= 4 is 40.7 Å². The number of halogens is 3. The summed E-state index contributed by atoms with van der Waals surface area (Å²) in [6.45, 7) is 0. The van der Waals surface area contributed by atoms with Crippen molar-refractivity contribution in [2.24, 2.45) is 0 Å². The Morgan fingerprint density at radius 3 is 2.70 bits per heavy atom. The number of carbonyl (C=O) groups is 1. The van der Waals surface area contributed by atoms with Gasteiger partial charge in [0.25, 0.3) is 11.5 Å². The van der Waals surface area contributed by atoms with Crippen LogP contribution in [-0.4, -0.2) is 19.3 Å². The molecule has 0 aromatic carbocycles. The average molecular weight is 337 g/mol. The predicted octanol–water partition coefficient (Wildman–Crippen LogP) is 2.14. The van der Waals surface area contributed by atoms with Gasteiger partial charge in [-0.3, -0.25) is 14.2 Å². The fraction of sp³-hybridized carbons (Fsp3) is 0.182. The van der Waals surface area contributed by atoms with Crippen LogP contribution in [0.5, 0.6) is 0 Å². The fourth-order valence-corrected chi connectivity index (χ4v) is 1.95. The Hall–Kier alpha value is -1.50. The van der Waals surface area contributed by atoms with Crippen LogP contribution in [0.1, 0.15) is 16.7 Å². The Balaban J connectivity index is 2.33. The summed E-state index contributed by atoms with van der Waals surface area (Å²) in [5.41, 5.74) is -0.476. The summed E-state index contributed by atoms with van der Waals surface area (Å²) in [6.07, 6.45) is 2.56. The van der Waals surface area contributed by atoms with Crippen LogP contribution in [0.4, 0.5) is 0 Å². The molecule has 0 saturated carbocycles. The van der Waals surface area contributed by atoms with Crippen LogP contribution in [0.3, 0.4) is 0 Å². The van der Waals surface area contributed by atoms with Crippen LogP contribution < -0.4 is 10.9 Å². The summed E-state index contributed by atoms with van der Waals surface area (Å²) in [5.74, 6) is -0.594. The van der Waals surface area contributed by atoms with E-state index in [1.54, 1.807) is 0 Å². The first-order valence-corrected chi connectivity index (χ1v) is 6.46. The molecule has 0 fully saturated rings. The number of hydrogen-bond donors (Lipinski definition) is 1. The van der Waals surface area contributed by atoms with Gasteiger partial charge in [-0.05, 0) is 12.1 Å². The number of nitrogens with one attached hydrogen (secondary N) is 1. The molecule has 0 bridgehead atoms. The highest BCUT2D eigenvalue weighted by molar-refractivity contribution is 6.67. The molecule has 1 amide bonds. The summed E-state index contributed by atoms with van der Waals surface area (Å²) in [5, 5.41) is 2.41. The Morgan fingerprint density at radius 1 is 1.40 bits per heavy atom. The molecule has 0 aliphatic carbocycles. The second-order valence-corrected chi connectivity index (χ2v) is 6.09. The van der Waals surface area contributed by atoms with Gasteiger partial charge in [0, 0.05) is 12.3 Å². The molecule has 6 nitrogen and oxygen atoms in total. The van der Waals surface area contributed by atoms with Gasteiger partial charge >= 0.3 is 0 Å². The largest absolute Gasteiger partial charge is 0.459 e. The smallest absolute Gasteiger partial charge is 0.288 e. The van der Waals surface area contributed by atoms with Gasteiger partial charge in [0.05, 0.1) is 12.6 Å². The highest BCUT2D eigenvalue weighted by Crippen LogP contribution is 2.36. The van der Waals surface area contributed by atoms with Crippen LogP contribution in [-0.2, 0) is 0 Å². The summed E-state index contributed by atoms with van der Waals surface area (Å²) >= 11 is 17.4. The normalized spacial score (nSPS) is 12.9. The molecular formula is C11H8Cl3N3O3. The topological polar surface area (TPSA) is 77.1 Å². The molecule has 0 aliphatic rings. The first kappa shape index (κ1) is 14.9. The number of carbonyl (C=O) groups excluding carboxylic acids is 1. The average Bonchev–Trinajstić information content (AvgIpc) is 2.89. The van der Waals surface area contributed by atoms with Gasteiger partial charge in [-0.25, -0.2) is 4.98 Å². The summed E-state index contributed by atoms with van der Waals surface area (Å²) < 4.78 is 3.99. The first-order chi connectivity index (χ1) is 9.39. The number of hydrogen-bond acceptors (Lipinski definition) is 4. The molecule has 1 N–H and O–H groups in total. The monoisotopic (exact) mass is 335 g/mol. The van der Waals surface area contributed by atoms with Crippen LogP contribution in [0.2, 0.25) is 0 Å². The number of aromatic nitrogens is 2. The van der Waals surface area contributed by atoms with Crippen molar-refractivity contribution in [3.05, 3.63) is 53.1 Å². The van der Waals surface area contributed by atoms with Gasteiger partial charge in [0.2, 0.25) is 3.79 Å². The van der Waals surface area contributed by atoms with Gasteiger partial charge in [0.15, 0.2) is 11.9 Å². The second-order valence-electron chi connectivity index (χ2n) is 3.72. The molecule has 20 heavy (non-hydrogen) atoms. The minimum Gasteiger partial charge on any atom is -0.459 e. The number of amides is 1. The number of nitrogens with zero attached hydrogens (tertiary/aromatic N) is 2. The molecule has 0 spiro atoms. The van der Waals surface area contributed by atoms with Crippen LogP contribution in [0.15, 0.2) is 46.2 Å². The minimum atomic E-state index is -1.95. The quantitative estimate of drug-likeness (QED) is 0.871. The molecule has 1 unspecified atom stereocenters. The Kier molecular flexibility index (Phi) is 4.37. The molecule has 2 aromatic heterocycles. The third-order valence-corrected chi connectivity index (χ3v) is 2.97. The highest BCUT2D eigenvalue weighted by Gasteiger charge is 2.36. The van der Waals surface area contributed by atoms with E-state index in [0.717, 1.165) is 10.9 Å². The van der Waals surface area contributed by atoms with Gasteiger partial charge in [0.1, 0.15) is 0 Å². The van der Waals surface area contributed by atoms with E-state index in [4.69, 9.17) is 39.2 Å². The zero-order chi connectivity index (χ0) is 14.8. The van der Waals surface area contributed by atoms with Crippen LogP contribution in [0.25, 0.3) is 0 Å². The number of alkyl halides is 3. The van der Waals surface area contributed by atoms with Crippen molar-refractivity contribution in [1.82, 2.24) is 14.9 Å².